The molecule has 3 nitrogen and oxygen atoms in total. The van der Waals surface area contributed by atoms with Crippen LogP contribution in [-0.2, 0) is 17.9 Å². The average molecular weight is 349 g/mol. The molecule has 1 N–H and O–H groups in total. The topological polar surface area (TPSA) is 32.3 Å². The van der Waals surface area contributed by atoms with E-state index in [0.717, 1.165) is 30.8 Å². The Morgan fingerprint density at radius 2 is 1.83 bits per heavy atom. The second kappa shape index (κ2) is 7.35. The van der Waals surface area contributed by atoms with Crippen LogP contribution in [0.15, 0.2) is 42.5 Å². The average Bonchev–Trinajstić information content (AvgIpc) is 2.98. The molecule has 2 aromatic carbocycles. The number of nitrogens with one attached hydrogen (secondary N) is 1. The Morgan fingerprint density at radius 1 is 1.04 bits per heavy atom. The number of hydrogen-bond acceptors (Lipinski definition) is 2. The number of carbonyl (C=O) groups excluding carboxylic acids is 1. The smallest absolute Gasteiger partial charge is 0.227 e. The van der Waals surface area contributed by atoms with E-state index < -0.39 is 0 Å². The number of benzene rings is 2. The molecule has 0 unspecified atom stereocenters. The minimum absolute atomic E-state index is 0.214. The highest BCUT2D eigenvalue weighted by Crippen LogP contribution is 2.25. The lowest BCUT2D eigenvalue weighted by atomic mass is 10.2. The van der Waals surface area contributed by atoms with Gasteiger partial charge in [0.05, 0.1) is 10.0 Å². The number of halogens is 2. The molecule has 0 aromatic heterocycles. The van der Waals surface area contributed by atoms with Crippen LogP contribution in [0.25, 0.3) is 0 Å². The minimum Gasteiger partial charge on any atom is -0.312 e. The molecule has 5 heteroatoms. The van der Waals surface area contributed by atoms with Crippen molar-refractivity contribution in [3.63, 3.8) is 0 Å². The van der Waals surface area contributed by atoms with Crippen molar-refractivity contribution in [2.24, 2.45) is 0 Å². The molecular formula is C18H18Cl2N2O. The molecule has 1 aliphatic heterocycles. The Bertz CT molecular complexity index is 701. The van der Waals surface area contributed by atoms with Gasteiger partial charge in [0.1, 0.15) is 0 Å². The monoisotopic (exact) mass is 348 g/mol. The third-order valence-corrected chi connectivity index (χ3v) is 4.86. The number of anilines is 1. The summed E-state index contributed by atoms with van der Waals surface area (Å²) in [6, 6.07) is 13.8. The van der Waals surface area contributed by atoms with Gasteiger partial charge in [0.25, 0.3) is 0 Å². The molecule has 0 spiro atoms. The van der Waals surface area contributed by atoms with Crippen LogP contribution in [0.5, 0.6) is 0 Å². The van der Waals surface area contributed by atoms with Crippen molar-refractivity contribution in [1.29, 1.82) is 0 Å². The van der Waals surface area contributed by atoms with E-state index in [1.807, 2.05) is 41.3 Å². The zero-order valence-electron chi connectivity index (χ0n) is 12.7. The summed E-state index contributed by atoms with van der Waals surface area (Å²) >= 11 is 12.2. The normalized spacial score (nSPS) is 14.5. The predicted molar refractivity (Wildman–Crippen MR) is 95.0 cm³/mol. The molecule has 3 rings (SSSR count). The van der Waals surface area contributed by atoms with Gasteiger partial charge in [0.2, 0.25) is 5.91 Å². The first-order chi connectivity index (χ1) is 11.1. The standard InChI is InChI=1S/C18H18Cl2N2O/c19-16-4-1-3-14(18(16)20)12-21-11-13-6-8-15(9-7-13)22-10-2-5-17(22)23/h1,3-4,6-9,21H,2,5,10-12H2. The van der Waals surface area contributed by atoms with Crippen LogP contribution < -0.4 is 10.2 Å². The maximum Gasteiger partial charge on any atom is 0.227 e. The van der Waals surface area contributed by atoms with E-state index in [4.69, 9.17) is 23.2 Å². The van der Waals surface area contributed by atoms with Gasteiger partial charge >= 0.3 is 0 Å². The molecule has 2 aromatic rings. The summed E-state index contributed by atoms with van der Waals surface area (Å²) in [5.41, 5.74) is 3.13. The first-order valence-electron chi connectivity index (χ1n) is 7.68. The van der Waals surface area contributed by atoms with E-state index in [0.29, 0.717) is 23.0 Å². The van der Waals surface area contributed by atoms with E-state index in [2.05, 4.69) is 5.32 Å². The summed E-state index contributed by atoms with van der Waals surface area (Å²) in [4.78, 5) is 13.6. The van der Waals surface area contributed by atoms with Crippen molar-refractivity contribution in [2.45, 2.75) is 25.9 Å². The number of nitrogens with zero attached hydrogens (tertiary/aromatic N) is 1. The maximum atomic E-state index is 11.7. The number of rotatable bonds is 5. The van der Waals surface area contributed by atoms with E-state index >= 15 is 0 Å². The van der Waals surface area contributed by atoms with Crippen molar-refractivity contribution < 1.29 is 4.79 Å². The van der Waals surface area contributed by atoms with Crippen LogP contribution in [0.3, 0.4) is 0 Å². The molecule has 1 heterocycles. The molecule has 0 bridgehead atoms. The fourth-order valence-corrected chi connectivity index (χ4v) is 3.13. The number of carbonyl (C=O) groups is 1. The Labute approximate surface area is 146 Å². The zero-order valence-corrected chi connectivity index (χ0v) is 14.2. The Morgan fingerprint density at radius 3 is 2.52 bits per heavy atom. The van der Waals surface area contributed by atoms with Crippen LogP contribution >= 0.6 is 23.2 Å². The van der Waals surface area contributed by atoms with Gasteiger partial charge in [-0.05, 0) is 35.7 Å². The van der Waals surface area contributed by atoms with E-state index in [-0.39, 0.29) is 5.91 Å². The molecule has 1 saturated heterocycles. The molecule has 1 amide bonds. The number of hydrogen-bond donors (Lipinski definition) is 1. The second-order valence-corrected chi connectivity index (χ2v) is 6.42. The molecule has 1 aliphatic rings. The van der Waals surface area contributed by atoms with Crippen LogP contribution in [-0.4, -0.2) is 12.5 Å². The lowest BCUT2D eigenvalue weighted by molar-refractivity contribution is -0.117. The lowest BCUT2D eigenvalue weighted by Gasteiger charge is -2.16. The highest BCUT2D eigenvalue weighted by Gasteiger charge is 2.21. The Kier molecular flexibility index (Phi) is 5.21. The van der Waals surface area contributed by atoms with Gasteiger partial charge < -0.3 is 10.2 Å². The molecule has 23 heavy (non-hydrogen) atoms. The van der Waals surface area contributed by atoms with Crippen LogP contribution in [0, 0.1) is 0 Å². The summed E-state index contributed by atoms with van der Waals surface area (Å²) in [7, 11) is 0. The molecule has 0 radical (unpaired) electrons. The summed E-state index contributed by atoms with van der Waals surface area (Å²) in [6.45, 7) is 2.21. The minimum atomic E-state index is 0.214. The Balaban J connectivity index is 1.56. The van der Waals surface area contributed by atoms with Gasteiger partial charge in [0, 0.05) is 31.7 Å². The summed E-state index contributed by atoms with van der Waals surface area (Å²) < 4.78 is 0. The fourth-order valence-electron chi connectivity index (χ4n) is 2.74. The SMILES string of the molecule is O=C1CCCN1c1ccc(CNCc2cccc(Cl)c2Cl)cc1. The first kappa shape index (κ1) is 16.3. The number of amides is 1. The molecule has 0 aliphatic carbocycles. The predicted octanol–water partition coefficient (Wildman–Crippen LogP) is 4.41. The van der Waals surface area contributed by atoms with Crippen LogP contribution in [0.2, 0.25) is 10.0 Å². The van der Waals surface area contributed by atoms with Crippen molar-refractivity contribution in [3.05, 3.63) is 63.6 Å². The quantitative estimate of drug-likeness (QED) is 0.867. The highest BCUT2D eigenvalue weighted by molar-refractivity contribution is 6.42. The van der Waals surface area contributed by atoms with Gasteiger partial charge in [0.15, 0.2) is 0 Å². The van der Waals surface area contributed by atoms with Crippen molar-refractivity contribution >= 4 is 34.8 Å². The van der Waals surface area contributed by atoms with E-state index in [1.165, 1.54) is 5.56 Å². The lowest BCUT2D eigenvalue weighted by Crippen LogP contribution is -2.23. The van der Waals surface area contributed by atoms with Crippen LogP contribution in [0.4, 0.5) is 5.69 Å². The fraction of sp³-hybridized carbons (Fsp3) is 0.278. The molecule has 0 atom stereocenters. The van der Waals surface area contributed by atoms with Gasteiger partial charge in [-0.2, -0.15) is 0 Å². The van der Waals surface area contributed by atoms with Crippen LogP contribution in [0.1, 0.15) is 24.0 Å². The molecular weight excluding hydrogens is 331 g/mol. The summed E-state index contributed by atoms with van der Waals surface area (Å²) in [6.07, 6.45) is 1.60. The largest absolute Gasteiger partial charge is 0.312 e. The van der Waals surface area contributed by atoms with Gasteiger partial charge in [-0.25, -0.2) is 0 Å². The zero-order chi connectivity index (χ0) is 16.2. The summed E-state index contributed by atoms with van der Waals surface area (Å²) in [5.74, 6) is 0.214. The van der Waals surface area contributed by atoms with Gasteiger partial charge in [-0.1, -0.05) is 47.5 Å². The third-order valence-electron chi connectivity index (χ3n) is 4.00. The second-order valence-electron chi connectivity index (χ2n) is 5.63. The third kappa shape index (κ3) is 3.86. The van der Waals surface area contributed by atoms with Crippen molar-refractivity contribution in [1.82, 2.24) is 5.32 Å². The maximum absolute atomic E-state index is 11.7. The Hall–Kier alpha value is -1.55. The summed E-state index contributed by atoms with van der Waals surface area (Å²) in [5, 5.41) is 4.54. The molecule has 120 valence electrons. The first-order valence-corrected chi connectivity index (χ1v) is 8.43. The van der Waals surface area contributed by atoms with E-state index in [1.54, 1.807) is 6.07 Å². The molecule has 1 fully saturated rings. The molecule has 0 saturated carbocycles. The van der Waals surface area contributed by atoms with E-state index in [9.17, 15) is 4.79 Å². The van der Waals surface area contributed by atoms with Crippen molar-refractivity contribution in [2.75, 3.05) is 11.4 Å². The van der Waals surface area contributed by atoms with Gasteiger partial charge in [-0.15, -0.1) is 0 Å². The van der Waals surface area contributed by atoms with Crippen molar-refractivity contribution in [3.8, 4) is 0 Å². The highest BCUT2D eigenvalue weighted by atomic mass is 35.5. The van der Waals surface area contributed by atoms with Gasteiger partial charge in [-0.3, -0.25) is 4.79 Å².